The predicted octanol–water partition coefficient (Wildman–Crippen LogP) is 3.20. The number of ether oxygens (including phenoxy) is 1. The molecule has 0 aliphatic rings. The van der Waals surface area contributed by atoms with Crippen LogP contribution in [0.3, 0.4) is 0 Å². The van der Waals surface area contributed by atoms with E-state index in [9.17, 15) is 23.3 Å². The number of hydrogen-bond acceptors (Lipinski definition) is 4. The van der Waals surface area contributed by atoms with Crippen LogP contribution < -0.4 is 4.74 Å². The molecule has 2 aromatic rings. The summed E-state index contributed by atoms with van der Waals surface area (Å²) in [6.07, 6.45) is -3.06. The molecule has 9 heteroatoms. The van der Waals surface area contributed by atoms with E-state index in [1.165, 1.54) is 18.5 Å². The summed E-state index contributed by atoms with van der Waals surface area (Å²) in [5.41, 5.74) is -0.359. The molecule has 0 atom stereocenters. The number of hydrogen-bond donors (Lipinski definition) is 0. The third-order valence-corrected chi connectivity index (χ3v) is 3.03. The van der Waals surface area contributed by atoms with Gasteiger partial charge < -0.3 is 19.4 Å². The smallest absolute Gasteiger partial charge is 0.416 e. The normalized spacial score (nSPS) is 11.5. The minimum absolute atomic E-state index is 0.152. The molecule has 1 heterocycles. The van der Waals surface area contributed by atoms with Crippen molar-refractivity contribution in [1.29, 1.82) is 0 Å². The molecule has 0 aliphatic heterocycles. The molecule has 1 aromatic heterocycles. The van der Waals surface area contributed by atoms with Gasteiger partial charge in [0.2, 0.25) is 6.33 Å². The second-order valence-corrected chi connectivity index (χ2v) is 4.47. The average Bonchev–Trinajstić information content (AvgIpc) is 2.80. The molecular formula is C13H12F3N3O3. The molecule has 0 saturated heterocycles. The fourth-order valence-electron chi connectivity index (χ4n) is 1.84. The van der Waals surface area contributed by atoms with E-state index in [-0.39, 0.29) is 12.4 Å². The van der Waals surface area contributed by atoms with Crippen molar-refractivity contribution >= 4 is 5.82 Å². The standard InChI is InChI=1S/C13H12F3N3O3/c1-9-12(19(20)21)17-8-18(9)6-7-22-11-4-2-10(3-5-11)13(14,15)16/h2-5,8H,6-7H2,1H3. The van der Waals surface area contributed by atoms with Gasteiger partial charge in [-0.05, 0) is 41.1 Å². The lowest BCUT2D eigenvalue weighted by atomic mass is 10.2. The van der Waals surface area contributed by atoms with E-state index in [0.29, 0.717) is 18.0 Å². The minimum atomic E-state index is -4.38. The van der Waals surface area contributed by atoms with Crippen molar-refractivity contribution in [1.82, 2.24) is 9.55 Å². The first-order chi connectivity index (χ1) is 10.3. The van der Waals surface area contributed by atoms with Gasteiger partial charge in [0, 0.05) is 0 Å². The second-order valence-electron chi connectivity index (χ2n) is 4.47. The number of rotatable bonds is 5. The van der Waals surface area contributed by atoms with Gasteiger partial charge in [-0.25, -0.2) is 0 Å². The molecule has 6 nitrogen and oxygen atoms in total. The van der Waals surface area contributed by atoms with E-state index < -0.39 is 16.7 Å². The van der Waals surface area contributed by atoms with Gasteiger partial charge in [0.1, 0.15) is 18.1 Å². The Hall–Kier alpha value is -2.58. The van der Waals surface area contributed by atoms with Crippen molar-refractivity contribution in [3.63, 3.8) is 0 Å². The van der Waals surface area contributed by atoms with Crippen LogP contribution in [0, 0.1) is 17.0 Å². The van der Waals surface area contributed by atoms with Crippen LogP contribution in [0.2, 0.25) is 0 Å². The minimum Gasteiger partial charge on any atom is -0.492 e. The number of alkyl halides is 3. The van der Waals surface area contributed by atoms with Gasteiger partial charge in [0.15, 0.2) is 0 Å². The molecule has 0 spiro atoms. The Morgan fingerprint density at radius 3 is 2.45 bits per heavy atom. The summed E-state index contributed by atoms with van der Waals surface area (Å²) >= 11 is 0. The first-order valence-corrected chi connectivity index (χ1v) is 6.25. The fraction of sp³-hybridized carbons (Fsp3) is 0.308. The summed E-state index contributed by atoms with van der Waals surface area (Å²) in [5.74, 6) is 0.0646. The van der Waals surface area contributed by atoms with Crippen LogP contribution in [-0.4, -0.2) is 21.1 Å². The molecule has 0 radical (unpaired) electrons. The fourth-order valence-corrected chi connectivity index (χ4v) is 1.84. The van der Waals surface area contributed by atoms with Crippen molar-refractivity contribution in [2.24, 2.45) is 0 Å². The van der Waals surface area contributed by atoms with Gasteiger partial charge in [-0.3, -0.25) is 0 Å². The van der Waals surface area contributed by atoms with Gasteiger partial charge >= 0.3 is 12.0 Å². The van der Waals surface area contributed by atoms with Gasteiger partial charge in [-0.2, -0.15) is 13.2 Å². The second kappa shape index (κ2) is 6.04. The Kier molecular flexibility index (Phi) is 4.34. The van der Waals surface area contributed by atoms with E-state index in [1.807, 2.05) is 0 Å². The largest absolute Gasteiger partial charge is 0.492 e. The van der Waals surface area contributed by atoms with E-state index in [2.05, 4.69) is 4.98 Å². The number of nitrogens with zero attached hydrogens (tertiary/aromatic N) is 3. The zero-order chi connectivity index (χ0) is 16.3. The number of benzene rings is 1. The summed E-state index contributed by atoms with van der Waals surface area (Å²) in [5, 5.41) is 10.6. The van der Waals surface area contributed by atoms with E-state index in [4.69, 9.17) is 4.74 Å². The quantitative estimate of drug-likeness (QED) is 0.627. The molecule has 0 bridgehead atoms. The molecule has 1 aromatic carbocycles. The lowest BCUT2D eigenvalue weighted by Gasteiger charge is -2.09. The molecule has 0 fully saturated rings. The molecule has 2 rings (SSSR count). The van der Waals surface area contributed by atoms with Crippen molar-refractivity contribution < 1.29 is 22.8 Å². The molecule has 0 aliphatic carbocycles. The Bertz CT molecular complexity index is 665. The highest BCUT2D eigenvalue weighted by Gasteiger charge is 2.30. The van der Waals surface area contributed by atoms with Gasteiger partial charge in [0.05, 0.1) is 12.1 Å². The van der Waals surface area contributed by atoms with Crippen LogP contribution in [0.4, 0.5) is 19.0 Å². The maximum atomic E-state index is 12.4. The Morgan fingerprint density at radius 1 is 1.32 bits per heavy atom. The highest BCUT2D eigenvalue weighted by molar-refractivity contribution is 5.29. The van der Waals surface area contributed by atoms with Crippen LogP contribution in [0.15, 0.2) is 30.6 Å². The Morgan fingerprint density at radius 2 is 1.95 bits per heavy atom. The van der Waals surface area contributed by atoms with E-state index in [0.717, 1.165) is 12.1 Å². The first-order valence-electron chi connectivity index (χ1n) is 6.25. The SMILES string of the molecule is Cc1c([N+](=O)[O-])ncn1CCOc1ccc(C(F)(F)F)cc1. The van der Waals surface area contributed by atoms with Crippen LogP contribution in [0.1, 0.15) is 11.3 Å². The van der Waals surface area contributed by atoms with Gasteiger partial charge in [-0.15, -0.1) is 0 Å². The lowest BCUT2D eigenvalue weighted by Crippen LogP contribution is -2.09. The topological polar surface area (TPSA) is 70.2 Å². The zero-order valence-corrected chi connectivity index (χ0v) is 11.5. The zero-order valence-electron chi connectivity index (χ0n) is 11.5. The maximum absolute atomic E-state index is 12.4. The first kappa shape index (κ1) is 15.8. The lowest BCUT2D eigenvalue weighted by molar-refractivity contribution is -0.389. The van der Waals surface area contributed by atoms with Crippen molar-refractivity contribution in [2.75, 3.05) is 6.61 Å². The Labute approximate surface area is 123 Å². The summed E-state index contributed by atoms with van der Waals surface area (Å²) in [7, 11) is 0. The van der Waals surface area contributed by atoms with Crippen LogP contribution in [0.25, 0.3) is 0 Å². The summed E-state index contributed by atoms with van der Waals surface area (Å²) in [6, 6.07) is 4.32. The predicted molar refractivity (Wildman–Crippen MR) is 70.6 cm³/mol. The molecule has 0 amide bonds. The monoisotopic (exact) mass is 315 g/mol. The molecule has 0 unspecified atom stereocenters. The number of nitro groups is 1. The number of imidazole rings is 1. The van der Waals surface area contributed by atoms with Crippen LogP contribution in [0.5, 0.6) is 5.75 Å². The van der Waals surface area contributed by atoms with E-state index >= 15 is 0 Å². The number of halogens is 3. The van der Waals surface area contributed by atoms with Crippen molar-refractivity contribution in [2.45, 2.75) is 19.6 Å². The highest BCUT2D eigenvalue weighted by atomic mass is 19.4. The Balaban J connectivity index is 1.93. The average molecular weight is 315 g/mol. The number of aromatic nitrogens is 2. The summed E-state index contributed by atoms with van der Waals surface area (Å²) in [4.78, 5) is 13.7. The molecule has 118 valence electrons. The third-order valence-electron chi connectivity index (χ3n) is 3.03. The van der Waals surface area contributed by atoms with Gasteiger partial charge in [0.25, 0.3) is 0 Å². The van der Waals surface area contributed by atoms with Gasteiger partial charge in [-0.1, -0.05) is 0 Å². The molecule has 0 N–H and O–H groups in total. The summed E-state index contributed by atoms with van der Waals surface area (Å²) < 4.78 is 44.1. The van der Waals surface area contributed by atoms with Crippen LogP contribution in [-0.2, 0) is 12.7 Å². The van der Waals surface area contributed by atoms with Crippen molar-refractivity contribution in [3.05, 3.63) is 52.0 Å². The highest BCUT2D eigenvalue weighted by Crippen LogP contribution is 2.30. The van der Waals surface area contributed by atoms with Crippen LogP contribution >= 0.6 is 0 Å². The van der Waals surface area contributed by atoms with E-state index in [1.54, 1.807) is 11.5 Å². The van der Waals surface area contributed by atoms with Crippen molar-refractivity contribution in [3.8, 4) is 5.75 Å². The molecular weight excluding hydrogens is 303 g/mol. The third kappa shape index (κ3) is 3.54. The maximum Gasteiger partial charge on any atom is 0.416 e. The molecule has 0 saturated carbocycles. The molecule has 22 heavy (non-hydrogen) atoms. The summed E-state index contributed by atoms with van der Waals surface area (Å²) in [6.45, 7) is 2.01.